The number of halogens is 4. The number of unbranched alkanes of at least 4 members (excludes halogenated alkanes) is 4. The predicted molar refractivity (Wildman–Crippen MR) is 117 cm³/mol. The van der Waals surface area contributed by atoms with Gasteiger partial charge < -0.3 is 0 Å². The summed E-state index contributed by atoms with van der Waals surface area (Å²) in [6, 6.07) is 12.0. The smallest absolute Gasteiger partial charge is 0.145 e. The third kappa shape index (κ3) is 4.00. The summed E-state index contributed by atoms with van der Waals surface area (Å²) in [6.45, 7) is 2.21. The molecule has 0 fully saturated rings. The molecule has 0 unspecified atom stereocenters. The Bertz CT molecular complexity index is 1060. The summed E-state index contributed by atoms with van der Waals surface area (Å²) in [7, 11) is 0. The van der Waals surface area contributed by atoms with Gasteiger partial charge in [-0.05, 0) is 52.8 Å². The third-order valence-electron chi connectivity index (χ3n) is 5.93. The molecule has 156 valence electrons. The Hall–Kier alpha value is -2.26. The van der Waals surface area contributed by atoms with Gasteiger partial charge in [0.25, 0.3) is 0 Å². The largest absolute Gasteiger partial charge is 0.206 e. The first-order valence-electron chi connectivity index (χ1n) is 10.6. The van der Waals surface area contributed by atoms with E-state index in [4.69, 9.17) is 11.6 Å². The van der Waals surface area contributed by atoms with Crippen LogP contribution in [0.2, 0.25) is 5.02 Å². The van der Waals surface area contributed by atoms with Crippen LogP contribution in [0.4, 0.5) is 13.2 Å². The molecule has 0 saturated heterocycles. The fourth-order valence-corrected chi connectivity index (χ4v) is 4.42. The lowest BCUT2D eigenvalue weighted by Crippen LogP contribution is -1.94. The van der Waals surface area contributed by atoms with Gasteiger partial charge >= 0.3 is 0 Å². The Kier molecular flexibility index (Phi) is 6.19. The normalized spacial score (nSPS) is 12.2. The maximum absolute atomic E-state index is 15.3. The van der Waals surface area contributed by atoms with Gasteiger partial charge in [0.15, 0.2) is 0 Å². The highest BCUT2D eigenvalue weighted by atomic mass is 35.5. The molecule has 0 nitrogen and oxygen atoms in total. The van der Waals surface area contributed by atoms with Crippen LogP contribution in [-0.4, -0.2) is 0 Å². The molecule has 0 heterocycles. The lowest BCUT2D eigenvalue weighted by atomic mass is 9.97. The standard InChI is InChI=1S/C26H24ClF3/c1-2-3-4-5-6-7-16-8-9-19-17(12-16)13-22-21(19)11-10-20(26(22)30)18-14-23(28)25(27)24(29)15-18/h8-12,14-15H,2-7,13H2,1H3. The topological polar surface area (TPSA) is 0 Å². The summed E-state index contributed by atoms with van der Waals surface area (Å²) < 4.78 is 43.1. The molecule has 4 rings (SSSR count). The maximum atomic E-state index is 15.3. The number of benzene rings is 3. The number of hydrogen-bond donors (Lipinski definition) is 0. The van der Waals surface area contributed by atoms with E-state index in [1.165, 1.54) is 31.2 Å². The molecule has 0 aromatic heterocycles. The molecule has 0 amide bonds. The van der Waals surface area contributed by atoms with Crippen molar-refractivity contribution < 1.29 is 13.2 Å². The van der Waals surface area contributed by atoms with Crippen LogP contribution in [0, 0.1) is 17.5 Å². The summed E-state index contributed by atoms with van der Waals surface area (Å²) in [5.74, 6) is -2.21. The average molecular weight is 429 g/mol. The van der Waals surface area contributed by atoms with Crippen LogP contribution in [0.1, 0.15) is 55.7 Å². The minimum Gasteiger partial charge on any atom is -0.206 e. The Morgan fingerprint density at radius 1 is 0.800 bits per heavy atom. The maximum Gasteiger partial charge on any atom is 0.145 e. The summed E-state index contributed by atoms with van der Waals surface area (Å²) in [4.78, 5) is 0. The Morgan fingerprint density at radius 3 is 2.20 bits per heavy atom. The molecule has 1 aliphatic rings. The summed E-state index contributed by atoms with van der Waals surface area (Å²) in [6.07, 6.45) is 7.71. The molecule has 0 saturated carbocycles. The molecular formula is C26H24ClF3. The van der Waals surface area contributed by atoms with Crippen LogP contribution >= 0.6 is 11.6 Å². The van der Waals surface area contributed by atoms with Crippen molar-refractivity contribution in [2.24, 2.45) is 0 Å². The van der Waals surface area contributed by atoms with Gasteiger partial charge in [-0.2, -0.15) is 0 Å². The van der Waals surface area contributed by atoms with Gasteiger partial charge in [-0.1, -0.05) is 74.5 Å². The lowest BCUT2D eigenvalue weighted by Gasteiger charge is -2.10. The second kappa shape index (κ2) is 8.85. The second-order valence-electron chi connectivity index (χ2n) is 8.04. The first-order chi connectivity index (χ1) is 14.5. The zero-order chi connectivity index (χ0) is 21.3. The van der Waals surface area contributed by atoms with Crippen molar-refractivity contribution in [3.05, 3.63) is 81.6 Å². The van der Waals surface area contributed by atoms with Gasteiger partial charge in [-0.3, -0.25) is 0 Å². The van der Waals surface area contributed by atoms with Crippen LogP contribution < -0.4 is 0 Å². The first-order valence-corrected chi connectivity index (χ1v) is 11.0. The molecule has 30 heavy (non-hydrogen) atoms. The number of fused-ring (bicyclic) bond motifs is 3. The summed E-state index contributed by atoms with van der Waals surface area (Å²) >= 11 is 5.56. The average Bonchev–Trinajstić information content (AvgIpc) is 3.10. The fraction of sp³-hybridized carbons (Fsp3) is 0.308. The molecule has 4 heteroatoms. The lowest BCUT2D eigenvalue weighted by molar-refractivity contribution is 0.584. The number of aryl methyl sites for hydroxylation is 1. The Morgan fingerprint density at radius 2 is 1.47 bits per heavy atom. The second-order valence-corrected chi connectivity index (χ2v) is 8.42. The van der Waals surface area contributed by atoms with E-state index in [1.54, 1.807) is 6.07 Å². The number of rotatable bonds is 7. The third-order valence-corrected chi connectivity index (χ3v) is 6.30. The van der Waals surface area contributed by atoms with Crippen LogP contribution in [0.5, 0.6) is 0 Å². The molecule has 0 bridgehead atoms. The van der Waals surface area contributed by atoms with Crippen molar-refractivity contribution in [3.63, 3.8) is 0 Å². The van der Waals surface area contributed by atoms with Crippen LogP contribution in [0.15, 0.2) is 42.5 Å². The minimum absolute atomic E-state index is 0.151. The molecule has 0 aliphatic heterocycles. The zero-order valence-corrected chi connectivity index (χ0v) is 17.8. The van der Waals surface area contributed by atoms with Crippen molar-refractivity contribution in [1.82, 2.24) is 0 Å². The van der Waals surface area contributed by atoms with E-state index in [0.717, 1.165) is 41.7 Å². The quantitative estimate of drug-likeness (QED) is 0.204. The minimum atomic E-state index is -0.890. The molecule has 0 spiro atoms. The van der Waals surface area contributed by atoms with Crippen molar-refractivity contribution >= 4 is 11.6 Å². The summed E-state index contributed by atoms with van der Waals surface area (Å²) in [5, 5.41) is -0.574. The molecular weight excluding hydrogens is 405 g/mol. The highest BCUT2D eigenvalue weighted by Crippen LogP contribution is 2.41. The molecule has 1 aliphatic carbocycles. The predicted octanol–water partition coefficient (Wildman–Crippen LogP) is 8.51. The van der Waals surface area contributed by atoms with Crippen molar-refractivity contribution in [1.29, 1.82) is 0 Å². The molecule has 3 aromatic carbocycles. The van der Waals surface area contributed by atoms with Gasteiger partial charge in [0.05, 0.1) is 0 Å². The molecule has 0 radical (unpaired) electrons. The van der Waals surface area contributed by atoms with E-state index < -0.39 is 22.5 Å². The van der Waals surface area contributed by atoms with E-state index in [1.807, 2.05) is 6.07 Å². The van der Waals surface area contributed by atoms with Crippen LogP contribution in [0.3, 0.4) is 0 Å². The first kappa shape index (κ1) is 21.0. The molecule has 0 atom stereocenters. The van der Waals surface area contributed by atoms with Gasteiger partial charge in [0.1, 0.15) is 22.5 Å². The highest BCUT2D eigenvalue weighted by Gasteiger charge is 2.24. The Labute approximate surface area is 180 Å². The molecule has 0 N–H and O–H groups in total. The van der Waals surface area contributed by atoms with Gasteiger partial charge in [0.2, 0.25) is 0 Å². The monoisotopic (exact) mass is 428 g/mol. The van der Waals surface area contributed by atoms with E-state index in [9.17, 15) is 8.78 Å². The SMILES string of the molecule is CCCCCCCc1ccc2c(c1)Cc1c-2ccc(-c2cc(F)c(Cl)c(F)c2)c1F. The Balaban J connectivity index is 1.59. The van der Waals surface area contributed by atoms with Crippen LogP contribution in [-0.2, 0) is 12.8 Å². The zero-order valence-electron chi connectivity index (χ0n) is 17.0. The van der Waals surface area contributed by atoms with Gasteiger partial charge in [-0.15, -0.1) is 0 Å². The van der Waals surface area contributed by atoms with Crippen LogP contribution in [0.25, 0.3) is 22.3 Å². The van der Waals surface area contributed by atoms with E-state index >= 15 is 4.39 Å². The fourth-order valence-electron chi connectivity index (χ4n) is 4.32. The molecule has 3 aromatic rings. The van der Waals surface area contributed by atoms with E-state index in [0.29, 0.717) is 12.0 Å². The van der Waals surface area contributed by atoms with Crippen molar-refractivity contribution in [2.45, 2.75) is 51.9 Å². The van der Waals surface area contributed by atoms with E-state index in [-0.39, 0.29) is 11.1 Å². The number of hydrogen-bond acceptors (Lipinski definition) is 0. The highest BCUT2D eigenvalue weighted by molar-refractivity contribution is 6.31. The van der Waals surface area contributed by atoms with Crippen molar-refractivity contribution in [3.8, 4) is 22.3 Å². The van der Waals surface area contributed by atoms with E-state index in [2.05, 4.69) is 25.1 Å². The summed E-state index contributed by atoms with van der Waals surface area (Å²) in [5.41, 5.74) is 5.21. The van der Waals surface area contributed by atoms with Gasteiger partial charge in [0, 0.05) is 17.5 Å². The van der Waals surface area contributed by atoms with Crippen molar-refractivity contribution in [2.75, 3.05) is 0 Å². The van der Waals surface area contributed by atoms with Gasteiger partial charge in [-0.25, -0.2) is 13.2 Å².